The number of nitrogens with zero attached hydrogens (tertiary/aromatic N) is 1. The van der Waals surface area contributed by atoms with Gasteiger partial charge in [0, 0.05) is 11.8 Å². The lowest BCUT2D eigenvalue weighted by molar-refractivity contribution is -0.132. The van der Waals surface area contributed by atoms with Gasteiger partial charge in [0.2, 0.25) is 0 Å². The third kappa shape index (κ3) is 4.79. The summed E-state index contributed by atoms with van der Waals surface area (Å²) in [4.78, 5) is 28.1. The van der Waals surface area contributed by atoms with Crippen LogP contribution >= 0.6 is 23.2 Å². The molecule has 1 unspecified atom stereocenters. The molecule has 8 heteroatoms. The number of carbonyl (C=O) groups is 2. The highest BCUT2D eigenvalue weighted by atomic mass is 35.5. The highest BCUT2D eigenvalue weighted by Gasteiger charge is 2.47. The molecule has 1 atom stereocenters. The van der Waals surface area contributed by atoms with E-state index in [2.05, 4.69) is 0 Å². The van der Waals surface area contributed by atoms with Crippen LogP contribution in [0.3, 0.4) is 0 Å². The van der Waals surface area contributed by atoms with E-state index in [1.807, 2.05) is 45.0 Å². The van der Waals surface area contributed by atoms with Gasteiger partial charge in [0.15, 0.2) is 0 Å². The maximum atomic E-state index is 13.4. The van der Waals surface area contributed by atoms with Gasteiger partial charge in [-0.15, -0.1) is 0 Å². The van der Waals surface area contributed by atoms with Crippen LogP contribution in [0.5, 0.6) is 11.5 Å². The Balaban J connectivity index is 1.96. The van der Waals surface area contributed by atoms with Crippen molar-refractivity contribution in [1.82, 2.24) is 0 Å². The van der Waals surface area contributed by atoms with E-state index in [9.17, 15) is 14.7 Å². The number of anilines is 1. The summed E-state index contributed by atoms with van der Waals surface area (Å²) in [5.74, 6) is -1.05. The quantitative estimate of drug-likeness (QED) is 0.210. The van der Waals surface area contributed by atoms with E-state index in [4.69, 9.17) is 32.7 Å². The highest BCUT2D eigenvalue weighted by molar-refractivity contribution is 6.52. The van der Waals surface area contributed by atoms with Gasteiger partial charge in [-0.2, -0.15) is 0 Å². The third-order valence-electron chi connectivity index (χ3n) is 5.80. The standard InChI is InChI=1S/C28H25Cl2NO5/c1-4-35-19-10-11-20(23(15-19)36-5-2)26(32)24-25(17-8-6-7-16(3)13-17)31(28(34)27(24)33)18-9-12-21(29)22(30)14-18/h6-15,25,32H,4-5H2,1-3H3/b26-24-. The SMILES string of the molecule is CCOc1ccc(/C(O)=C2/C(=O)C(=O)N(c3ccc(Cl)c(Cl)c3)C2c2cccc(C)c2)c(OCC)c1. The lowest BCUT2D eigenvalue weighted by Crippen LogP contribution is -2.29. The van der Waals surface area contributed by atoms with E-state index >= 15 is 0 Å². The molecule has 1 N–H and O–H groups in total. The van der Waals surface area contributed by atoms with E-state index in [-0.39, 0.29) is 21.9 Å². The van der Waals surface area contributed by atoms with Gasteiger partial charge in [0.25, 0.3) is 11.7 Å². The zero-order chi connectivity index (χ0) is 26.0. The Hall–Kier alpha value is -3.48. The number of carbonyl (C=O) groups excluding carboxylic acids is 2. The number of rotatable bonds is 7. The van der Waals surface area contributed by atoms with E-state index < -0.39 is 17.7 Å². The van der Waals surface area contributed by atoms with E-state index in [0.29, 0.717) is 41.0 Å². The average Bonchev–Trinajstić information content (AvgIpc) is 3.11. The number of benzene rings is 3. The number of aliphatic hydroxyl groups excluding tert-OH is 1. The lowest BCUT2D eigenvalue weighted by atomic mass is 9.94. The first-order valence-corrected chi connectivity index (χ1v) is 12.2. The van der Waals surface area contributed by atoms with Crippen molar-refractivity contribution in [3.05, 3.63) is 93.0 Å². The Morgan fingerprint density at radius 3 is 2.36 bits per heavy atom. The van der Waals surface area contributed by atoms with Crippen LogP contribution in [0.2, 0.25) is 10.0 Å². The van der Waals surface area contributed by atoms with Gasteiger partial charge in [-0.05, 0) is 56.7 Å². The summed E-state index contributed by atoms with van der Waals surface area (Å²) in [5.41, 5.74) is 2.20. The second kappa shape index (κ2) is 10.6. The fourth-order valence-electron chi connectivity index (χ4n) is 4.26. The van der Waals surface area contributed by atoms with Crippen molar-refractivity contribution in [3.8, 4) is 11.5 Å². The van der Waals surface area contributed by atoms with Crippen LogP contribution in [0.25, 0.3) is 5.76 Å². The molecule has 3 aromatic carbocycles. The number of ketones is 1. The molecule has 1 aliphatic rings. The first-order chi connectivity index (χ1) is 17.3. The highest BCUT2D eigenvalue weighted by Crippen LogP contribution is 2.44. The van der Waals surface area contributed by atoms with Gasteiger partial charge < -0.3 is 14.6 Å². The predicted molar refractivity (Wildman–Crippen MR) is 141 cm³/mol. The number of Topliss-reactive ketones (excluding diaryl/α,β-unsaturated/α-hetero) is 1. The van der Waals surface area contributed by atoms with Crippen molar-refractivity contribution in [2.75, 3.05) is 18.1 Å². The normalized spacial score (nSPS) is 16.9. The number of aryl methyl sites for hydroxylation is 1. The van der Waals surface area contributed by atoms with Crippen molar-refractivity contribution in [1.29, 1.82) is 0 Å². The molecule has 0 aromatic heterocycles. The Labute approximate surface area is 219 Å². The van der Waals surface area contributed by atoms with E-state index in [1.54, 1.807) is 30.3 Å². The third-order valence-corrected chi connectivity index (χ3v) is 6.54. The molecule has 1 heterocycles. The van der Waals surface area contributed by atoms with Gasteiger partial charge >= 0.3 is 0 Å². The van der Waals surface area contributed by atoms with Crippen LogP contribution in [0.15, 0.2) is 66.2 Å². The number of hydrogen-bond acceptors (Lipinski definition) is 5. The number of amides is 1. The number of halogens is 2. The van der Waals surface area contributed by atoms with Crippen molar-refractivity contribution >= 4 is 46.3 Å². The second-order valence-electron chi connectivity index (χ2n) is 8.21. The number of aliphatic hydroxyl groups is 1. The Kier molecular flexibility index (Phi) is 7.57. The summed E-state index contributed by atoms with van der Waals surface area (Å²) in [6, 6.07) is 16.2. The molecular weight excluding hydrogens is 501 g/mol. The summed E-state index contributed by atoms with van der Waals surface area (Å²) < 4.78 is 11.3. The van der Waals surface area contributed by atoms with Crippen LogP contribution < -0.4 is 14.4 Å². The van der Waals surface area contributed by atoms with Gasteiger partial charge in [0.1, 0.15) is 17.3 Å². The molecule has 36 heavy (non-hydrogen) atoms. The van der Waals surface area contributed by atoms with Crippen molar-refractivity contribution in [3.63, 3.8) is 0 Å². The van der Waals surface area contributed by atoms with Crippen LogP contribution in [-0.4, -0.2) is 30.0 Å². The van der Waals surface area contributed by atoms with Gasteiger partial charge in [-0.1, -0.05) is 53.0 Å². The van der Waals surface area contributed by atoms with Crippen LogP contribution in [0.4, 0.5) is 5.69 Å². The molecule has 1 saturated heterocycles. The average molecular weight is 526 g/mol. The fourth-order valence-corrected chi connectivity index (χ4v) is 4.56. The zero-order valence-electron chi connectivity index (χ0n) is 20.0. The van der Waals surface area contributed by atoms with Gasteiger partial charge in [-0.25, -0.2) is 0 Å². The predicted octanol–water partition coefficient (Wildman–Crippen LogP) is 6.73. The first kappa shape index (κ1) is 25.6. The topological polar surface area (TPSA) is 76.1 Å². The molecule has 0 bridgehead atoms. The first-order valence-electron chi connectivity index (χ1n) is 11.5. The summed E-state index contributed by atoms with van der Waals surface area (Å²) in [6.45, 7) is 6.37. The number of ether oxygens (including phenoxy) is 2. The zero-order valence-corrected chi connectivity index (χ0v) is 21.6. The minimum atomic E-state index is -0.900. The van der Waals surface area contributed by atoms with E-state index in [0.717, 1.165) is 5.56 Å². The summed E-state index contributed by atoms with van der Waals surface area (Å²) in [5, 5.41) is 12.1. The minimum absolute atomic E-state index is 0.0539. The molecule has 0 aliphatic carbocycles. The van der Waals surface area contributed by atoms with E-state index in [1.165, 1.54) is 11.0 Å². The Bertz CT molecular complexity index is 1370. The maximum absolute atomic E-state index is 13.4. The molecule has 1 fully saturated rings. The maximum Gasteiger partial charge on any atom is 0.300 e. The lowest BCUT2D eigenvalue weighted by Gasteiger charge is -2.26. The monoisotopic (exact) mass is 525 g/mol. The summed E-state index contributed by atoms with van der Waals surface area (Å²) >= 11 is 12.3. The molecule has 0 saturated carbocycles. The fraction of sp³-hybridized carbons (Fsp3) is 0.214. The largest absolute Gasteiger partial charge is 0.507 e. The second-order valence-corrected chi connectivity index (χ2v) is 9.02. The van der Waals surface area contributed by atoms with Crippen LogP contribution in [0, 0.1) is 6.92 Å². The van der Waals surface area contributed by atoms with Crippen molar-refractivity contribution < 1.29 is 24.2 Å². The molecule has 1 aliphatic heterocycles. The number of hydrogen-bond donors (Lipinski definition) is 1. The Morgan fingerprint density at radius 2 is 1.69 bits per heavy atom. The van der Waals surface area contributed by atoms with Crippen LogP contribution in [0.1, 0.15) is 36.6 Å². The molecular formula is C28H25Cl2NO5. The molecule has 0 spiro atoms. The minimum Gasteiger partial charge on any atom is -0.507 e. The smallest absolute Gasteiger partial charge is 0.300 e. The van der Waals surface area contributed by atoms with Gasteiger partial charge in [-0.3, -0.25) is 14.5 Å². The molecule has 6 nitrogen and oxygen atoms in total. The molecule has 0 radical (unpaired) electrons. The molecule has 3 aromatic rings. The molecule has 1 amide bonds. The summed E-state index contributed by atoms with van der Waals surface area (Å²) in [7, 11) is 0. The summed E-state index contributed by atoms with van der Waals surface area (Å²) in [6.07, 6.45) is 0. The Morgan fingerprint density at radius 1 is 0.944 bits per heavy atom. The van der Waals surface area contributed by atoms with Gasteiger partial charge in [0.05, 0.1) is 40.4 Å². The molecule has 186 valence electrons. The van der Waals surface area contributed by atoms with Crippen molar-refractivity contribution in [2.24, 2.45) is 0 Å². The van der Waals surface area contributed by atoms with Crippen LogP contribution in [-0.2, 0) is 9.59 Å². The molecule has 4 rings (SSSR count). The van der Waals surface area contributed by atoms with Crippen molar-refractivity contribution in [2.45, 2.75) is 26.8 Å².